The number of aryl methyl sites for hydroxylation is 1. The van der Waals surface area contributed by atoms with Gasteiger partial charge in [-0.15, -0.1) is 0 Å². The van der Waals surface area contributed by atoms with Crippen LogP contribution in [0.15, 0.2) is 18.2 Å². The standard InChI is InChI=1S/C13H21NO3/c1-10-3-4-12(13(16)9-10)11(2)14-5-7-17-8-6-15/h3-4,9,11,14-16H,5-8H2,1-2H3. The van der Waals surface area contributed by atoms with Crippen LogP contribution < -0.4 is 5.32 Å². The van der Waals surface area contributed by atoms with Gasteiger partial charge in [-0.25, -0.2) is 0 Å². The van der Waals surface area contributed by atoms with E-state index in [-0.39, 0.29) is 12.6 Å². The Morgan fingerprint density at radius 2 is 2.12 bits per heavy atom. The zero-order valence-corrected chi connectivity index (χ0v) is 10.4. The largest absolute Gasteiger partial charge is 0.508 e. The molecular formula is C13H21NO3. The first-order chi connectivity index (χ1) is 8.15. The van der Waals surface area contributed by atoms with Gasteiger partial charge in [0, 0.05) is 18.2 Å². The Bertz CT molecular complexity index is 341. The first kappa shape index (κ1) is 14.0. The Kier molecular flexibility index (Phi) is 5.97. The summed E-state index contributed by atoms with van der Waals surface area (Å²) in [6.45, 7) is 5.60. The normalized spacial score (nSPS) is 12.6. The highest BCUT2D eigenvalue weighted by molar-refractivity contribution is 5.37. The minimum Gasteiger partial charge on any atom is -0.508 e. The highest BCUT2D eigenvalue weighted by Crippen LogP contribution is 2.24. The van der Waals surface area contributed by atoms with Crippen molar-refractivity contribution in [1.82, 2.24) is 5.32 Å². The van der Waals surface area contributed by atoms with Gasteiger partial charge in [0.25, 0.3) is 0 Å². The molecule has 0 heterocycles. The molecule has 0 aromatic heterocycles. The maximum Gasteiger partial charge on any atom is 0.120 e. The van der Waals surface area contributed by atoms with Gasteiger partial charge < -0.3 is 20.3 Å². The lowest BCUT2D eigenvalue weighted by Crippen LogP contribution is -2.23. The van der Waals surface area contributed by atoms with Crippen molar-refractivity contribution in [3.05, 3.63) is 29.3 Å². The van der Waals surface area contributed by atoms with E-state index in [0.717, 1.165) is 11.1 Å². The summed E-state index contributed by atoms with van der Waals surface area (Å²) in [5.41, 5.74) is 1.93. The van der Waals surface area contributed by atoms with Crippen LogP contribution in [-0.4, -0.2) is 36.6 Å². The van der Waals surface area contributed by atoms with E-state index in [1.807, 2.05) is 26.0 Å². The Labute approximate surface area is 102 Å². The smallest absolute Gasteiger partial charge is 0.120 e. The van der Waals surface area contributed by atoms with Crippen molar-refractivity contribution in [3.8, 4) is 5.75 Å². The Hall–Kier alpha value is -1.10. The second-order valence-electron chi connectivity index (χ2n) is 4.07. The van der Waals surface area contributed by atoms with E-state index in [2.05, 4.69) is 5.32 Å². The number of benzene rings is 1. The lowest BCUT2D eigenvalue weighted by molar-refractivity contribution is 0.0928. The number of hydrogen-bond donors (Lipinski definition) is 3. The molecule has 4 heteroatoms. The molecule has 3 N–H and O–H groups in total. The molecule has 0 aliphatic heterocycles. The molecule has 4 nitrogen and oxygen atoms in total. The van der Waals surface area contributed by atoms with E-state index >= 15 is 0 Å². The molecule has 0 aliphatic carbocycles. The molecule has 0 bridgehead atoms. The van der Waals surface area contributed by atoms with Gasteiger partial charge in [-0.3, -0.25) is 0 Å². The molecule has 0 saturated heterocycles. The molecule has 0 saturated carbocycles. The first-order valence-corrected chi connectivity index (χ1v) is 5.86. The van der Waals surface area contributed by atoms with Crippen LogP contribution >= 0.6 is 0 Å². The maximum absolute atomic E-state index is 9.80. The number of aromatic hydroxyl groups is 1. The maximum atomic E-state index is 9.80. The molecule has 96 valence electrons. The Morgan fingerprint density at radius 3 is 2.76 bits per heavy atom. The molecule has 1 aromatic carbocycles. The summed E-state index contributed by atoms with van der Waals surface area (Å²) in [5.74, 6) is 0.321. The quantitative estimate of drug-likeness (QED) is 0.629. The van der Waals surface area contributed by atoms with Crippen molar-refractivity contribution >= 4 is 0 Å². The molecule has 0 radical (unpaired) electrons. The van der Waals surface area contributed by atoms with Crippen LogP contribution in [0.25, 0.3) is 0 Å². The van der Waals surface area contributed by atoms with Crippen molar-refractivity contribution in [1.29, 1.82) is 0 Å². The predicted molar refractivity (Wildman–Crippen MR) is 67.2 cm³/mol. The zero-order chi connectivity index (χ0) is 12.7. The van der Waals surface area contributed by atoms with Crippen LogP contribution in [-0.2, 0) is 4.74 Å². The number of aliphatic hydroxyl groups excluding tert-OH is 1. The van der Waals surface area contributed by atoms with E-state index in [4.69, 9.17) is 9.84 Å². The summed E-state index contributed by atoms with van der Waals surface area (Å²) in [6, 6.07) is 5.75. The van der Waals surface area contributed by atoms with Gasteiger partial charge in [0.15, 0.2) is 0 Å². The number of hydrogen-bond acceptors (Lipinski definition) is 4. The van der Waals surface area contributed by atoms with E-state index in [1.54, 1.807) is 6.07 Å². The van der Waals surface area contributed by atoms with E-state index < -0.39 is 0 Å². The van der Waals surface area contributed by atoms with Crippen LogP contribution in [0.2, 0.25) is 0 Å². The van der Waals surface area contributed by atoms with Crippen LogP contribution in [0.3, 0.4) is 0 Å². The molecule has 1 rings (SSSR count). The SMILES string of the molecule is Cc1ccc(C(C)NCCOCCO)c(O)c1. The predicted octanol–water partition coefficient (Wildman–Crippen LogP) is 1.36. The third-order valence-corrected chi connectivity index (χ3v) is 2.58. The second-order valence-corrected chi connectivity index (χ2v) is 4.07. The number of phenols is 1. The third-order valence-electron chi connectivity index (χ3n) is 2.58. The van der Waals surface area contributed by atoms with Gasteiger partial charge >= 0.3 is 0 Å². The molecular weight excluding hydrogens is 218 g/mol. The van der Waals surface area contributed by atoms with Gasteiger partial charge in [-0.1, -0.05) is 12.1 Å². The summed E-state index contributed by atoms with van der Waals surface area (Å²) in [6.07, 6.45) is 0. The van der Waals surface area contributed by atoms with Crippen molar-refractivity contribution in [2.75, 3.05) is 26.4 Å². The van der Waals surface area contributed by atoms with Crippen LogP contribution in [0, 0.1) is 6.92 Å². The fourth-order valence-corrected chi connectivity index (χ4v) is 1.64. The van der Waals surface area contributed by atoms with Gasteiger partial charge in [0.05, 0.1) is 19.8 Å². The molecule has 0 aliphatic rings. The first-order valence-electron chi connectivity index (χ1n) is 5.86. The van der Waals surface area contributed by atoms with Gasteiger partial charge in [0.2, 0.25) is 0 Å². The average molecular weight is 239 g/mol. The lowest BCUT2D eigenvalue weighted by Gasteiger charge is -2.16. The summed E-state index contributed by atoms with van der Waals surface area (Å²) < 4.78 is 5.14. The van der Waals surface area contributed by atoms with Gasteiger partial charge in [0.1, 0.15) is 5.75 Å². The summed E-state index contributed by atoms with van der Waals surface area (Å²) in [4.78, 5) is 0. The highest BCUT2D eigenvalue weighted by atomic mass is 16.5. The Balaban J connectivity index is 2.38. The monoisotopic (exact) mass is 239 g/mol. The number of nitrogens with one attached hydrogen (secondary N) is 1. The van der Waals surface area contributed by atoms with Crippen LogP contribution in [0.5, 0.6) is 5.75 Å². The molecule has 0 amide bonds. The summed E-state index contributed by atoms with van der Waals surface area (Å²) >= 11 is 0. The fourth-order valence-electron chi connectivity index (χ4n) is 1.64. The van der Waals surface area contributed by atoms with Gasteiger partial charge in [-0.05, 0) is 25.5 Å². The highest BCUT2D eigenvalue weighted by Gasteiger charge is 2.09. The molecule has 1 atom stereocenters. The average Bonchev–Trinajstić information content (AvgIpc) is 2.28. The second kappa shape index (κ2) is 7.27. The fraction of sp³-hybridized carbons (Fsp3) is 0.538. The van der Waals surface area contributed by atoms with Crippen molar-refractivity contribution in [2.24, 2.45) is 0 Å². The molecule has 0 fully saturated rings. The summed E-state index contributed by atoms with van der Waals surface area (Å²) in [7, 11) is 0. The van der Waals surface area contributed by atoms with E-state index in [9.17, 15) is 5.11 Å². The van der Waals surface area contributed by atoms with Crippen molar-refractivity contribution in [2.45, 2.75) is 19.9 Å². The minimum atomic E-state index is 0.0499. The Morgan fingerprint density at radius 1 is 1.35 bits per heavy atom. The molecule has 0 spiro atoms. The lowest BCUT2D eigenvalue weighted by atomic mass is 10.1. The zero-order valence-electron chi connectivity index (χ0n) is 10.4. The molecule has 17 heavy (non-hydrogen) atoms. The van der Waals surface area contributed by atoms with E-state index in [1.165, 1.54) is 0 Å². The number of aliphatic hydroxyl groups is 1. The third kappa shape index (κ3) is 4.73. The number of rotatable bonds is 7. The van der Waals surface area contributed by atoms with Crippen LogP contribution in [0.4, 0.5) is 0 Å². The van der Waals surface area contributed by atoms with Crippen LogP contribution in [0.1, 0.15) is 24.1 Å². The van der Waals surface area contributed by atoms with Gasteiger partial charge in [-0.2, -0.15) is 0 Å². The van der Waals surface area contributed by atoms with Crippen molar-refractivity contribution in [3.63, 3.8) is 0 Å². The summed E-state index contributed by atoms with van der Waals surface area (Å²) in [5, 5.41) is 21.6. The molecule has 1 unspecified atom stereocenters. The topological polar surface area (TPSA) is 61.7 Å². The molecule has 1 aromatic rings. The number of phenolic OH excluding ortho intramolecular Hbond substituents is 1. The minimum absolute atomic E-state index is 0.0499. The number of ether oxygens (including phenoxy) is 1. The van der Waals surface area contributed by atoms with Crippen molar-refractivity contribution < 1.29 is 14.9 Å². The van der Waals surface area contributed by atoms with E-state index in [0.29, 0.717) is 25.5 Å².